The van der Waals surface area contributed by atoms with E-state index in [0.717, 1.165) is 0 Å². The molecule has 1 atom stereocenters. The van der Waals surface area contributed by atoms with Gasteiger partial charge in [0.05, 0.1) is 30.6 Å². The van der Waals surface area contributed by atoms with Gasteiger partial charge in [-0.3, -0.25) is 9.59 Å². The Balaban J connectivity index is 1.91. The number of nitrogens with one attached hydrogen (secondary N) is 1. The molecule has 8 nitrogen and oxygen atoms in total. The van der Waals surface area contributed by atoms with Gasteiger partial charge in [-0.05, 0) is 87.4 Å². The number of hydrogen-bond acceptors (Lipinski definition) is 7. The smallest absolute Gasteiger partial charge is 0.217 e. The fourth-order valence-corrected chi connectivity index (χ4v) is 4.19. The minimum Gasteiger partial charge on any atom is -0.493 e. The first kappa shape index (κ1) is 29.7. The average molecular weight is 539 g/mol. The van der Waals surface area contributed by atoms with Gasteiger partial charge >= 0.3 is 0 Å². The molecule has 9 heteroatoms. The first-order valence-corrected chi connectivity index (χ1v) is 12.6. The third-order valence-corrected chi connectivity index (χ3v) is 6.40. The summed E-state index contributed by atoms with van der Waals surface area (Å²) in [6.45, 7) is 6.62. The fraction of sp³-hybridized carbons (Fsp3) is 0.367. The summed E-state index contributed by atoms with van der Waals surface area (Å²) in [5.41, 5.74) is 0.241. The number of carbonyl (C=O) groups excluding carboxylic acids is 2. The maximum atomic E-state index is 13.6. The molecule has 39 heavy (non-hydrogen) atoms. The first-order chi connectivity index (χ1) is 18.4. The van der Waals surface area contributed by atoms with Crippen LogP contribution >= 0.6 is 0 Å². The SMILES string of the molecule is COc1cc(C(=O)CCC(C)(O)c2cc(C(C)(C)NC(C)=O)cc(-c3ccc(F)cc3)n2)ccc1OCCO. The van der Waals surface area contributed by atoms with Crippen LogP contribution in [0.2, 0.25) is 0 Å². The summed E-state index contributed by atoms with van der Waals surface area (Å²) in [7, 11) is 1.46. The predicted octanol–water partition coefficient (Wildman–Crippen LogP) is 4.51. The van der Waals surface area contributed by atoms with Crippen LogP contribution in [0.4, 0.5) is 4.39 Å². The number of pyridine rings is 1. The van der Waals surface area contributed by atoms with Crippen LogP contribution in [0.1, 0.15) is 62.2 Å². The Morgan fingerprint density at radius 3 is 2.33 bits per heavy atom. The van der Waals surface area contributed by atoms with Gasteiger partial charge in [-0.1, -0.05) is 0 Å². The lowest BCUT2D eigenvalue weighted by molar-refractivity contribution is -0.120. The third kappa shape index (κ3) is 7.61. The summed E-state index contributed by atoms with van der Waals surface area (Å²) in [6.07, 6.45) is 0.0800. The molecule has 0 spiro atoms. The molecule has 0 bridgehead atoms. The zero-order valence-electron chi connectivity index (χ0n) is 22.9. The Labute approximate surface area is 227 Å². The molecule has 208 valence electrons. The molecule has 3 rings (SSSR count). The maximum absolute atomic E-state index is 13.6. The van der Waals surface area contributed by atoms with Crippen molar-refractivity contribution in [1.82, 2.24) is 10.3 Å². The van der Waals surface area contributed by atoms with E-state index in [2.05, 4.69) is 10.3 Å². The van der Waals surface area contributed by atoms with Crippen molar-refractivity contribution in [3.05, 3.63) is 77.2 Å². The number of carbonyl (C=O) groups is 2. The molecule has 1 heterocycles. The van der Waals surface area contributed by atoms with Gasteiger partial charge < -0.3 is 25.0 Å². The predicted molar refractivity (Wildman–Crippen MR) is 145 cm³/mol. The molecule has 0 saturated carbocycles. The number of aliphatic hydroxyl groups is 2. The molecule has 3 N–H and O–H groups in total. The standard InChI is InChI=1S/C30H35FN2O6/c1-19(35)33-29(2,3)22-17-24(20-6-9-23(31)10-7-20)32-28(18-22)30(4,37)13-12-25(36)21-8-11-26(39-15-14-34)27(16-21)38-5/h6-11,16-18,34,37H,12-15H2,1-5H3,(H,33,35). The normalized spacial score (nSPS) is 12.9. The van der Waals surface area contributed by atoms with Gasteiger partial charge in [-0.25, -0.2) is 9.37 Å². The number of methoxy groups -OCH3 is 1. The van der Waals surface area contributed by atoms with Gasteiger partial charge in [0, 0.05) is 24.5 Å². The number of aromatic nitrogens is 1. The van der Waals surface area contributed by atoms with E-state index < -0.39 is 11.1 Å². The lowest BCUT2D eigenvalue weighted by Crippen LogP contribution is -2.40. The minimum atomic E-state index is -1.50. The molecular formula is C30H35FN2O6. The highest BCUT2D eigenvalue weighted by atomic mass is 19.1. The Morgan fingerprint density at radius 2 is 1.72 bits per heavy atom. The van der Waals surface area contributed by atoms with Crippen molar-refractivity contribution in [2.45, 2.75) is 51.7 Å². The van der Waals surface area contributed by atoms with Crippen molar-refractivity contribution in [1.29, 1.82) is 0 Å². The van der Waals surface area contributed by atoms with Crippen LogP contribution in [-0.4, -0.2) is 47.2 Å². The van der Waals surface area contributed by atoms with Gasteiger partial charge in [-0.2, -0.15) is 0 Å². The summed E-state index contributed by atoms with van der Waals surface area (Å²) in [5, 5.41) is 23.4. The van der Waals surface area contributed by atoms with E-state index in [0.29, 0.717) is 39.6 Å². The number of halogens is 1. The van der Waals surface area contributed by atoms with Gasteiger partial charge in [0.15, 0.2) is 17.3 Å². The highest BCUT2D eigenvalue weighted by Crippen LogP contribution is 2.33. The lowest BCUT2D eigenvalue weighted by atomic mass is 9.87. The average Bonchev–Trinajstić information content (AvgIpc) is 2.90. The third-order valence-electron chi connectivity index (χ3n) is 6.40. The number of Topliss-reactive ketones (excluding diaryl/α,β-unsaturated/α-hetero) is 1. The van der Waals surface area contributed by atoms with Crippen LogP contribution in [0.25, 0.3) is 11.3 Å². The van der Waals surface area contributed by atoms with E-state index in [1.54, 1.807) is 49.4 Å². The van der Waals surface area contributed by atoms with Crippen molar-refractivity contribution >= 4 is 11.7 Å². The van der Waals surface area contributed by atoms with Gasteiger partial charge in [0.1, 0.15) is 18.0 Å². The highest BCUT2D eigenvalue weighted by Gasteiger charge is 2.30. The summed E-state index contributed by atoms with van der Waals surface area (Å²) in [6, 6.07) is 14.1. The molecule has 0 fully saturated rings. The number of nitrogens with zero attached hydrogens (tertiary/aromatic N) is 1. The van der Waals surface area contributed by atoms with Crippen LogP contribution in [0, 0.1) is 5.82 Å². The zero-order valence-corrected chi connectivity index (χ0v) is 22.9. The largest absolute Gasteiger partial charge is 0.493 e. The van der Waals surface area contributed by atoms with E-state index in [-0.39, 0.29) is 43.6 Å². The number of ether oxygens (including phenoxy) is 2. The van der Waals surface area contributed by atoms with E-state index in [4.69, 9.17) is 14.6 Å². The van der Waals surface area contributed by atoms with Gasteiger partial charge in [-0.15, -0.1) is 0 Å². The molecule has 1 aromatic heterocycles. The van der Waals surface area contributed by atoms with E-state index in [1.165, 1.54) is 26.2 Å². The number of ketones is 1. The summed E-state index contributed by atoms with van der Waals surface area (Å²) in [4.78, 5) is 29.6. The lowest BCUT2D eigenvalue weighted by Gasteiger charge is -2.30. The molecule has 2 aromatic carbocycles. The molecule has 1 amide bonds. The summed E-state index contributed by atoms with van der Waals surface area (Å²) < 4.78 is 24.3. The molecule has 0 aliphatic rings. The number of hydrogen-bond donors (Lipinski definition) is 3. The molecule has 1 unspecified atom stereocenters. The van der Waals surface area contributed by atoms with E-state index in [9.17, 15) is 19.1 Å². The van der Waals surface area contributed by atoms with Crippen molar-refractivity contribution in [2.75, 3.05) is 20.3 Å². The van der Waals surface area contributed by atoms with Crippen LogP contribution < -0.4 is 14.8 Å². The minimum absolute atomic E-state index is 0.0138. The maximum Gasteiger partial charge on any atom is 0.217 e. The van der Waals surface area contributed by atoms with Crippen molar-refractivity contribution in [3.63, 3.8) is 0 Å². The molecule has 0 radical (unpaired) electrons. The Morgan fingerprint density at radius 1 is 1.03 bits per heavy atom. The molecule has 0 aliphatic heterocycles. The molecule has 0 aliphatic carbocycles. The summed E-state index contributed by atoms with van der Waals surface area (Å²) in [5.74, 6) is -0.0485. The quantitative estimate of drug-likeness (QED) is 0.291. The van der Waals surface area contributed by atoms with E-state index >= 15 is 0 Å². The number of benzene rings is 2. The monoisotopic (exact) mass is 538 g/mol. The Bertz CT molecular complexity index is 1320. The van der Waals surface area contributed by atoms with E-state index in [1.807, 2.05) is 13.8 Å². The number of aliphatic hydroxyl groups excluding tert-OH is 1. The fourth-order valence-electron chi connectivity index (χ4n) is 4.19. The number of rotatable bonds is 12. The Hall–Kier alpha value is -3.82. The summed E-state index contributed by atoms with van der Waals surface area (Å²) >= 11 is 0. The second-order valence-corrected chi connectivity index (χ2v) is 10.1. The highest BCUT2D eigenvalue weighted by molar-refractivity contribution is 5.96. The first-order valence-electron chi connectivity index (χ1n) is 12.6. The molecule has 3 aromatic rings. The van der Waals surface area contributed by atoms with Crippen LogP contribution in [0.3, 0.4) is 0 Å². The Kier molecular flexibility index (Phi) is 9.42. The van der Waals surface area contributed by atoms with Crippen LogP contribution in [0.5, 0.6) is 11.5 Å². The van der Waals surface area contributed by atoms with Gasteiger partial charge in [0.25, 0.3) is 0 Å². The van der Waals surface area contributed by atoms with Gasteiger partial charge in [0.2, 0.25) is 5.91 Å². The van der Waals surface area contributed by atoms with Crippen LogP contribution in [0.15, 0.2) is 54.6 Å². The molecular weight excluding hydrogens is 503 g/mol. The second-order valence-electron chi connectivity index (χ2n) is 10.1. The topological polar surface area (TPSA) is 118 Å². The van der Waals surface area contributed by atoms with Crippen LogP contribution in [-0.2, 0) is 15.9 Å². The second kappa shape index (κ2) is 12.4. The number of amides is 1. The van der Waals surface area contributed by atoms with Crippen molar-refractivity contribution < 1.29 is 33.7 Å². The van der Waals surface area contributed by atoms with Crippen molar-refractivity contribution in [2.24, 2.45) is 0 Å². The zero-order chi connectivity index (χ0) is 28.8. The molecule has 0 saturated heterocycles. The van der Waals surface area contributed by atoms with Crippen molar-refractivity contribution in [3.8, 4) is 22.8 Å².